The van der Waals surface area contributed by atoms with Crippen molar-refractivity contribution in [3.05, 3.63) is 66.0 Å². The molecule has 4 aromatic rings. The number of hydrogen-bond donors (Lipinski definition) is 2. The molecular weight excluding hydrogens is 384 g/mol. The van der Waals surface area contributed by atoms with Crippen LogP contribution >= 0.6 is 11.3 Å². The molecule has 2 aromatic carbocycles. The Bertz CT molecular complexity index is 1200. The molecule has 0 saturated heterocycles. The number of thiophene rings is 1. The number of benzene rings is 2. The maximum atomic E-state index is 10.2. The van der Waals surface area contributed by atoms with Crippen molar-refractivity contribution in [1.82, 2.24) is 9.97 Å². The van der Waals surface area contributed by atoms with Crippen LogP contribution in [-0.4, -0.2) is 27.9 Å². The first kappa shape index (κ1) is 18.9. The number of ether oxygens (including phenoxy) is 1. The number of hydrazone groups is 1. The largest absolute Gasteiger partial charge is 0.507 e. The normalized spacial score (nSPS) is 11.6. The van der Waals surface area contributed by atoms with Gasteiger partial charge in [0.1, 0.15) is 22.2 Å². The maximum absolute atomic E-state index is 10.2. The third kappa shape index (κ3) is 3.90. The molecule has 0 atom stereocenters. The number of rotatable bonds is 5. The number of phenols is 1. The minimum Gasteiger partial charge on any atom is -0.507 e. The lowest BCUT2D eigenvalue weighted by Crippen LogP contribution is -2.03. The van der Waals surface area contributed by atoms with Gasteiger partial charge in [-0.1, -0.05) is 30.3 Å². The molecule has 6 nitrogen and oxygen atoms in total. The number of anilines is 1. The lowest BCUT2D eigenvalue weighted by molar-refractivity contribution is 0.412. The van der Waals surface area contributed by atoms with E-state index in [9.17, 15) is 5.11 Å². The Morgan fingerprint density at radius 3 is 2.66 bits per heavy atom. The minimum atomic E-state index is 0.139. The van der Waals surface area contributed by atoms with Gasteiger partial charge in [0.15, 0.2) is 5.82 Å². The van der Waals surface area contributed by atoms with Crippen molar-refractivity contribution in [3.8, 4) is 21.9 Å². The van der Waals surface area contributed by atoms with Crippen molar-refractivity contribution < 1.29 is 9.84 Å². The van der Waals surface area contributed by atoms with Crippen LogP contribution in [0.4, 0.5) is 5.82 Å². The molecule has 0 aliphatic rings. The summed E-state index contributed by atoms with van der Waals surface area (Å²) in [5.41, 5.74) is 5.39. The maximum Gasteiger partial charge on any atom is 0.158 e. The van der Waals surface area contributed by atoms with Crippen LogP contribution in [0.3, 0.4) is 0 Å². The van der Waals surface area contributed by atoms with E-state index in [1.807, 2.05) is 32.0 Å². The molecule has 0 aliphatic carbocycles. The molecule has 2 heterocycles. The highest BCUT2D eigenvalue weighted by atomic mass is 32.1. The first-order valence-electron chi connectivity index (χ1n) is 9.06. The van der Waals surface area contributed by atoms with E-state index in [2.05, 4.69) is 38.7 Å². The van der Waals surface area contributed by atoms with E-state index in [1.165, 1.54) is 0 Å². The van der Waals surface area contributed by atoms with Crippen molar-refractivity contribution in [2.45, 2.75) is 13.8 Å². The first-order valence-corrected chi connectivity index (χ1v) is 9.88. The van der Waals surface area contributed by atoms with Crippen LogP contribution in [0.1, 0.15) is 18.3 Å². The van der Waals surface area contributed by atoms with Crippen molar-refractivity contribution in [1.29, 1.82) is 0 Å². The molecule has 0 amide bonds. The Balaban J connectivity index is 1.71. The molecule has 0 spiro atoms. The van der Waals surface area contributed by atoms with Crippen molar-refractivity contribution in [3.63, 3.8) is 0 Å². The van der Waals surface area contributed by atoms with Gasteiger partial charge in [-0.3, -0.25) is 5.43 Å². The number of methoxy groups -OCH3 is 1. The Morgan fingerprint density at radius 2 is 1.90 bits per heavy atom. The second kappa shape index (κ2) is 7.89. The summed E-state index contributed by atoms with van der Waals surface area (Å²) < 4.78 is 5.24. The summed E-state index contributed by atoms with van der Waals surface area (Å²) in [6, 6.07) is 17.3. The van der Waals surface area contributed by atoms with Crippen molar-refractivity contribution in [2.75, 3.05) is 12.5 Å². The quantitative estimate of drug-likeness (QED) is 0.352. The van der Waals surface area contributed by atoms with Crippen molar-refractivity contribution >= 4 is 33.1 Å². The van der Waals surface area contributed by atoms with Gasteiger partial charge >= 0.3 is 0 Å². The summed E-state index contributed by atoms with van der Waals surface area (Å²) in [5.74, 6) is 2.09. The molecule has 7 heteroatoms. The minimum absolute atomic E-state index is 0.139. The number of aromatic nitrogens is 2. The molecule has 0 bridgehead atoms. The van der Waals surface area contributed by atoms with E-state index >= 15 is 0 Å². The van der Waals surface area contributed by atoms with Gasteiger partial charge < -0.3 is 9.84 Å². The smallest absolute Gasteiger partial charge is 0.158 e. The predicted molar refractivity (Wildman–Crippen MR) is 118 cm³/mol. The van der Waals surface area contributed by atoms with E-state index in [1.54, 1.807) is 36.6 Å². The average molecular weight is 404 g/mol. The van der Waals surface area contributed by atoms with Gasteiger partial charge in [0.05, 0.1) is 18.2 Å². The lowest BCUT2D eigenvalue weighted by atomic mass is 10.1. The van der Waals surface area contributed by atoms with Crippen molar-refractivity contribution in [2.24, 2.45) is 5.10 Å². The Hall–Kier alpha value is -3.45. The Kier molecular flexibility index (Phi) is 5.14. The summed E-state index contributed by atoms with van der Waals surface area (Å²) in [5, 5.41) is 15.5. The topological polar surface area (TPSA) is 79.6 Å². The second-order valence-electron chi connectivity index (χ2n) is 6.51. The highest BCUT2D eigenvalue weighted by Crippen LogP contribution is 2.35. The number of aryl methyl sites for hydroxylation is 1. The summed E-state index contributed by atoms with van der Waals surface area (Å²) in [6.45, 7) is 3.67. The highest BCUT2D eigenvalue weighted by molar-refractivity contribution is 7.21. The van der Waals surface area contributed by atoms with Crippen LogP contribution in [0.2, 0.25) is 0 Å². The molecule has 2 N–H and O–H groups in total. The fraction of sp³-hybridized carbons (Fsp3) is 0.136. The Labute approximate surface area is 172 Å². The molecule has 146 valence electrons. The molecule has 0 aliphatic heterocycles. The first-order chi connectivity index (χ1) is 14.0. The molecule has 0 radical (unpaired) electrons. The molecule has 29 heavy (non-hydrogen) atoms. The SMILES string of the molecule is COc1ccc(O)c(/C(C)=N/Nc2nc(C)nc3sc(-c4ccccc4)cc23)c1. The third-order valence-corrected chi connectivity index (χ3v) is 5.56. The van der Waals surface area contributed by atoms with Gasteiger partial charge in [-0.25, -0.2) is 9.97 Å². The number of nitrogens with zero attached hydrogens (tertiary/aromatic N) is 3. The molecular formula is C22H20N4O2S. The van der Waals surface area contributed by atoms with Crippen LogP contribution in [0.5, 0.6) is 11.5 Å². The monoisotopic (exact) mass is 404 g/mol. The highest BCUT2D eigenvalue weighted by Gasteiger charge is 2.12. The fourth-order valence-corrected chi connectivity index (χ4v) is 4.07. The lowest BCUT2D eigenvalue weighted by Gasteiger charge is -2.08. The molecule has 0 unspecified atom stereocenters. The van der Waals surface area contributed by atoms with Crippen LogP contribution in [0.25, 0.3) is 20.7 Å². The molecule has 0 fully saturated rings. The summed E-state index contributed by atoms with van der Waals surface area (Å²) in [4.78, 5) is 11.1. The summed E-state index contributed by atoms with van der Waals surface area (Å²) in [7, 11) is 1.59. The second-order valence-corrected chi connectivity index (χ2v) is 7.54. The standard InChI is InChI=1S/C22H20N4O2S/c1-13(17-11-16(28-3)9-10-19(17)27)25-26-21-18-12-20(15-7-5-4-6-8-15)29-22(18)24-14(2)23-21/h4-12,27H,1-3H3,(H,23,24,26)/b25-13+. The summed E-state index contributed by atoms with van der Waals surface area (Å²) >= 11 is 1.62. The third-order valence-electron chi connectivity index (χ3n) is 4.49. The van der Waals surface area contributed by atoms with Crippen LogP contribution in [0.15, 0.2) is 59.7 Å². The number of phenolic OH excluding ortho intramolecular Hbond substituents is 1. The van der Waals surface area contributed by atoms with E-state index < -0.39 is 0 Å². The number of hydrogen-bond acceptors (Lipinski definition) is 7. The van der Waals surface area contributed by atoms with Gasteiger partial charge in [-0.15, -0.1) is 11.3 Å². The summed E-state index contributed by atoms with van der Waals surface area (Å²) in [6.07, 6.45) is 0. The van der Waals surface area contributed by atoms with Crippen LogP contribution in [-0.2, 0) is 0 Å². The fourth-order valence-electron chi connectivity index (χ4n) is 2.99. The zero-order valence-corrected chi connectivity index (χ0v) is 17.1. The van der Waals surface area contributed by atoms with Gasteiger partial charge in [0.25, 0.3) is 0 Å². The average Bonchev–Trinajstić information content (AvgIpc) is 3.17. The predicted octanol–water partition coefficient (Wildman–Crippen LogP) is 5.22. The van der Waals surface area contributed by atoms with Gasteiger partial charge in [-0.05, 0) is 43.7 Å². The van der Waals surface area contributed by atoms with Gasteiger partial charge in [0.2, 0.25) is 0 Å². The Morgan fingerprint density at radius 1 is 1.10 bits per heavy atom. The molecule has 2 aromatic heterocycles. The van der Waals surface area contributed by atoms with Crippen LogP contribution < -0.4 is 10.2 Å². The zero-order chi connectivity index (χ0) is 20.4. The molecule has 0 saturated carbocycles. The number of nitrogens with one attached hydrogen (secondary N) is 1. The van der Waals surface area contributed by atoms with E-state index in [0.717, 1.165) is 20.7 Å². The number of fused-ring (bicyclic) bond motifs is 1. The van der Waals surface area contributed by atoms with Gasteiger partial charge in [0, 0.05) is 10.4 Å². The van der Waals surface area contributed by atoms with E-state index in [4.69, 9.17) is 4.74 Å². The van der Waals surface area contributed by atoms with E-state index in [-0.39, 0.29) is 5.75 Å². The zero-order valence-electron chi connectivity index (χ0n) is 16.3. The number of aromatic hydroxyl groups is 1. The van der Waals surface area contributed by atoms with Crippen LogP contribution in [0, 0.1) is 6.92 Å². The van der Waals surface area contributed by atoms with Gasteiger partial charge in [-0.2, -0.15) is 5.10 Å². The molecule has 4 rings (SSSR count). The van der Waals surface area contributed by atoms with E-state index in [0.29, 0.717) is 28.7 Å².